The van der Waals surface area contributed by atoms with E-state index in [1.54, 1.807) is 12.1 Å². The van der Waals surface area contributed by atoms with Crippen LogP contribution in [0.2, 0.25) is 10.0 Å². The van der Waals surface area contributed by atoms with Gasteiger partial charge in [-0.05, 0) is 23.3 Å². The molecule has 3 aromatic rings. The number of rotatable bonds is 3. The minimum absolute atomic E-state index is 0.513. The van der Waals surface area contributed by atoms with Crippen LogP contribution >= 0.6 is 23.2 Å². The number of aromatic nitrogens is 2. The molecule has 0 fully saturated rings. The zero-order chi connectivity index (χ0) is 14.1. The van der Waals surface area contributed by atoms with Gasteiger partial charge in [-0.2, -0.15) is 0 Å². The number of nitrogens with two attached hydrogens (primary N) is 1. The molecule has 0 atom stereocenters. The molecule has 0 aliphatic heterocycles. The second-order valence-electron chi connectivity index (χ2n) is 4.62. The summed E-state index contributed by atoms with van der Waals surface area (Å²) in [6.07, 6.45) is 0.706. The lowest BCUT2D eigenvalue weighted by Gasteiger charge is -2.05. The standard InChI is InChI=1S/C15H13Cl2N3/c16-11-6-13-14(7-12(11)17)20-15(19-13)5-9-3-1-2-4-10(9)8-18/h1-4,6-7H,5,8,18H2,(H,19,20). The number of H-pyrrole nitrogens is 1. The van der Waals surface area contributed by atoms with Gasteiger partial charge in [0.15, 0.2) is 0 Å². The molecule has 0 unspecified atom stereocenters. The first-order chi connectivity index (χ1) is 9.67. The van der Waals surface area contributed by atoms with Crippen molar-refractivity contribution >= 4 is 34.2 Å². The molecule has 5 heteroatoms. The van der Waals surface area contributed by atoms with Crippen molar-refractivity contribution in [3.05, 3.63) is 63.4 Å². The maximum atomic E-state index is 6.01. The molecule has 3 nitrogen and oxygen atoms in total. The lowest BCUT2D eigenvalue weighted by Crippen LogP contribution is -2.02. The van der Waals surface area contributed by atoms with Gasteiger partial charge in [0.05, 0.1) is 21.1 Å². The van der Waals surface area contributed by atoms with Crippen molar-refractivity contribution in [1.82, 2.24) is 9.97 Å². The van der Waals surface area contributed by atoms with Crippen molar-refractivity contribution in [3.8, 4) is 0 Å². The molecule has 102 valence electrons. The third kappa shape index (κ3) is 2.52. The van der Waals surface area contributed by atoms with Gasteiger partial charge < -0.3 is 10.7 Å². The number of nitrogens with one attached hydrogen (secondary N) is 1. The van der Waals surface area contributed by atoms with Crippen molar-refractivity contribution in [1.29, 1.82) is 0 Å². The van der Waals surface area contributed by atoms with E-state index in [2.05, 4.69) is 16.0 Å². The van der Waals surface area contributed by atoms with Crippen molar-refractivity contribution in [2.45, 2.75) is 13.0 Å². The van der Waals surface area contributed by atoms with Gasteiger partial charge in [0.25, 0.3) is 0 Å². The van der Waals surface area contributed by atoms with Crippen LogP contribution in [0.5, 0.6) is 0 Å². The molecule has 0 aliphatic carbocycles. The highest BCUT2D eigenvalue weighted by Gasteiger charge is 2.08. The van der Waals surface area contributed by atoms with Crippen LogP contribution in [0.4, 0.5) is 0 Å². The number of hydrogen-bond acceptors (Lipinski definition) is 2. The normalized spacial score (nSPS) is 11.2. The summed E-state index contributed by atoms with van der Waals surface area (Å²) in [5, 5.41) is 1.04. The molecular weight excluding hydrogens is 293 g/mol. The highest BCUT2D eigenvalue weighted by atomic mass is 35.5. The number of fused-ring (bicyclic) bond motifs is 1. The van der Waals surface area contributed by atoms with Crippen LogP contribution in [-0.4, -0.2) is 9.97 Å². The number of nitrogens with zero attached hydrogens (tertiary/aromatic N) is 1. The Morgan fingerprint density at radius 1 is 1.05 bits per heavy atom. The van der Waals surface area contributed by atoms with E-state index in [1.807, 2.05) is 18.2 Å². The zero-order valence-corrected chi connectivity index (χ0v) is 12.2. The number of halogens is 2. The first kappa shape index (κ1) is 13.4. The van der Waals surface area contributed by atoms with Gasteiger partial charge in [-0.1, -0.05) is 47.5 Å². The van der Waals surface area contributed by atoms with Gasteiger partial charge in [-0.3, -0.25) is 0 Å². The molecule has 3 N–H and O–H groups in total. The Kier molecular flexibility index (Phi) is 3.66. The summed E-state index contributed by atoms with van der Waals surface area (Å²) in [6.45, 7) is 0.522. The van der Waals surface area contributed by atoms with Gasteiger partial charge in [-0.25, -0.2) is 4.98 Å². The molecule has 20 heavy (non-hydrogen) atoms. The Hall–Kier alpha value is -1.55. The monoisotopic (exact) mass is 305 g/mol. The molecule has 2 aromatic carbocycles. The quantitative estimate of drug-likeness (QED) is 0.770. The van der Waals surface area contributed by atoms with Crippen LogP contribution in [0.3, 0.4) is 0 Å². The van der Waals surface area contributed by atoms with Crippen LogP contribution in [-0.2, 0) is 13.0 Å². The first-order valence-corrected chi connectivity index (χ1v) is 7.03. The molecular formula is C15H13Cl2N3. The van der Waals surface area contributed by atoms with E-state index in [0.717, 1.165) is 22.4 Å². The molecule has 0 bridgehead atoms. The summed E-state index contributed by atoms with van der Waals surface area (Å²) in [4.78, 5) is 7.81. The number of hydrogen-bond donors (Lipinski definition) is 2. The summed E-state index contributed by atoms with van der Waals surface area (Å²) in [5.74, 6) is 0.874. The van der Waals surface area contributed by atoms with E-state index in [0.29, 0.717) is 23.0 Å². The fraction of sp³-hybridized carbons (Fsp3) is 0.133. The maximum absolute atomic E-state index is 6.01. The lowest BCUT2D eigenvalue weighted by molar-refractivity contribution is 0.978. The van der Waals surface area contributed by atoms with Gasteiger partial charge in [-0.15, -0.1) is 0 Å². The van der Waals surface area contributed by atoms with Crippen molar-refractivity contribution in [3.63, 3.8) is 0 Å². The smallest absolute Gasteiger partial charge is 0.111 e. The molecule has 3 rings (SSSR count). The van der Waals surface area contributed by atoms with E-state index < -0.39 is 0 Å². The highest BCUT2D eigenvalue weighted by Crippen LogP contribution is 2.27. The number of imidazole rings is 1. The molecule has 0 amide bonds. The summed E-state index contributed by atoms with van der Waals surface area (Å²) in [7, 11) is 0. The highest BCUT2D eigenvalue weighted by molar-refractivity contribution is 6.42. The van der Waals surface area contributed by atoms with Crippen LogP contribution in [0.15, 0.2) is 36.4 Å². The predicted molar refractivity (Wildman–Crippen MR) is 83.3 cm³/mol. The van der Waals surface area contributed by atoms with Gasteiger partial charge in [0, 0.05) is 13.0 Å². The Balaban J connectivity index is 1.99. The van der Waals surface area contributed by atoms with Crippen molar-refractivity contribution in [2.24, 2.45) is 5.73 Å². The van der Waals surface area contributed by atoms with Gasteiger partial charge >= 0.3 is 0 Å². The van der Waals surface area contributed by atoms with E-state index in [-0.39, 0.29) is 0 Å². The van der Waals surface area contributed by atoms with Crippen molar-refractivity contribution < 1.29 is 0 Å². The Bertz CT molecular complexity index is 726. The molecule has 0 radical (unpaired) electrons. The van der Waals surface area contributed by atoms with E-state index in [4.69, 9.17) is 28.9 Å². The third-order valence-electron chi connectivity index (χ3n) is 3.27. The molecule has 0 aliphatic rings. The summed E-state index contributed by atoms with van der Waals surface area (Å²) < 4.78 is 0. The van der Waals surface area contributed by atoms with Crippen LogP contribution in [0.25, 0.3) is 11.0 Å². The predicted octanol–water partition coefficient (Wildman–Crippen LogP) is 3.92. The SMILES string of the molecule is NCc1ccccc1Cc1nc2cc(Cl)c(Cl)cc2[nH]1. The molecule has 0 spiro atoms. The minimum atomic E-state index is 0.513. The summed E-state index contributed by atoms with van der Waals surface area (Å²) >= 11 is 12.0. The lowest BCUT2D eigenvalue weighted by atomic mass is 10.0. The zero-order valence-electron chi connectivity index (χ0n) is 10.7. The molecule has 1 aromatic heterocycles. The molecule has 1 heterocycles. The fourth-order valence-electron chi connectivity index (χ4n) is 2.25. The topological polar surface area (TPSA) is 54.7 Å². The second kappa shape index (κ2) is 5.44. The number of benzene rings is 2. The summed E-state index contributed by atoms with van der Waals surface area (Å²) in [6, 6.07) is 11.7. The Labute approximate surface area is 126 Å². The maximum Gasteiger partial charge on any atom is 0.111 e. The summed E-state index contributed by atoms with van der Waals surface area (Å²) in [5.41, 5.74) is 9.76. The van der Waals surface area contributed by atoms with Crippen LogP contribution in [0, 0.1) is 0 Å². The third-order valence-corrected chi connectivity index (χ3v) is 3.99. The van der Waals surface area contributed by atoms with E-state index in [1.165, 1.54) is 5.56 Å². The van der Waals surface area contributed by atoms with E-state index in [9.17, 15) is 0 Å². The Morgan fingerprint density at radius 3 is 2.50 bits per heavy atom. The van der Waals surface area contributed by atoms with Crippen LogP contribution < -0.4 is 5.73 Å². The fourth-order valence-corrected chi connectivity index (χ4v) is 2.57. The van der Waals surface area contributed by atoms with Crippen LogP contribution in [0.1, 0.15) is 17.0 Å². The molecule has 0 saturated carbocycles. The molecule has 0 saturated heterocycles. The Morgan fingerprint density at radius 2 is 1.75 bits per heavy atom. The van der Waals surface area contributed by atoms with Gasteiger partial charge in [0.2, 0.25) is 0 Å². The largest absolute Gasteiger partial charge is 0.342 e. The number of aromatic amines is 1. The average molecular weight is 306 g/mol. The van der Waals surface area contributed by atoms with Crippen molar-refractivity contribution in [2.75, 3.05) is 0 Å². The van der Waals surface area contributed by atoms with Gasteiger partial charge in [0.1, 0.15) is 5.82 Å². The second-order valence-corrected chi connectivity index (χ2v) is 5.43. The first-order valence-electron chi connectivity index (χ1n) is 6.28. The minimum Gasteiger partial charge on any atom is -0.342 e. The van der Waals surface area contributed by atoms with E-state index >= 15 is 0 Å². The average Bonchev–Trinajstić information content (AvgIpc) is 2.81.